The molecule has 0 aliphatic rings. The molecular weight excluding hydrogens is 266 g/mol. The minimum Gasteiger partial charge on any atom is -0.389 e. The Kier molecular flexibility index (Phi) is 3.03. The van der Waals surface area contributed by atoms with Crippen molar-refractivity contribution in [2.45, 2.75) is 13.8 Å². The standard InChI is InChI=1S/C16H15N3S/c1-10-9-11(2)19(18-10)15-8-7-14(16(17)20)12-5-3-4-6-13(12)15/h3-9H,1-2H3,(H2,17,20). The first-order valence-corrected chi connectivity index (χ1v) is 6.84. The maximum Gasteiger partial charge on any atom is 0.104 e. The minimum atomic E-state index is 0.418. The molecule has 0 saturated heterocycles. The van der Waals surface area contributed by atoms with Gasteiger partial charge in [-0.3, -0.25) is 0 Å². The van der Waals surface area contributed by atoms with E-state index in [0.29, 0.717) is 4.99 Å². The largest absolute Gasteiger partial charge is 0.389 e. The van der Waals surface area contributed by atoms with Crippen LogP contribution in [-0.2, 0) is 0 Å². The molecule has 20 heavy (non-hydrogen) atoms. The third-order valence-corrected chi connectivity index (χ3v) is 3.62. The van der Waals surface area contributed by atoms with E-state index in [1.807, 2.05) is 41.9 Å². The summed E-state index contributed by atoms with van der Waals surface area (Å²) < 4.78 is 1.96. The second-order valence-corrected chi connectivity index (χ2v) is 5.32. The molecule has 0 bridgehead atoms. The molecule has 0 aliphatic heterocycles. The fraction of sp³-hybridized carbons (Fsp3) is 0.125. The first-order valence-electron chi connectivity index (χ1n) is 6.43. The Bertz CT molecular complexity index is 818. The van der Waals surface area contributed by atoms with Gasteiger partial charge in [0.25, 0.3) is 0 Å². The molecule has 0 spiro atoms. The zero-order valence-electron chi connectivity index (χ0n) is 11.4. The van der Waals surface area contributed by atoms with Gasteiger partial charge >= 0.3 is 0 Å². The number of nitrogens with zero attached hydrogens (tertiary/aromatic N) is 2. The Hall–Kier alpha value is -2.20. The highest BCUT2D eigenvalue weighted by molar-refractivity contribution is 7.80. The van der Waals surface area contributed by atoms with E-state index in [4.69, 9.17) is 18.0 Å². The summed E-state index contributed by atoms with van der Waals surface area (Å²) in [6.07, 6.45) is 0. The van der Waals surface area contributed by atoms with Crippen molar-refractivity contribution in [1.29, 1.82) is 0 Å². The first kappa shape index (κ1) is 12.8. The van der Waals surface area contributed by atoms with Crippen molar-refractivity contribution >= 4 is 28.0 Å². The van der Waals surface area contributed by atoms with Gasteiger partial charge in [-0.05, 0) is 37.4 Å². The molecule has 2 aromatic carbocycles. The van der Waals surface area contributed by atoms with Crippen LogP contribution in [0.25, 0.3) is 16.5 Å². The van der Waals surface area contributed by atoms with Gasteiger partial charge in [-0.1, -0.05) is 36.5 Å². The molecule has 0 atom stereocenters. The number of nitrogens with two attached hydrogens (primary N) is 1. The predicted octanol–water partition coefficient (Wildman–Crippen LogP) is 3.28. The lowest BCUT2D eigenvalue weighted by Crippen LogP contribution is -2.11. The van der Waals surface area contributed by atoms with Gasteiger partial charge in [0.15, 0.2) is 0 Å². The molecule has 0 amide bonds. The fourth-order valence-corrected chi connectivity index (χ4v) is 2.73. The molecule has 0 saturated carbocycles. The second kappa shape index (κ2) is 4.72. The molecule has 0 radical (unpaired) electrons. The molecule has 1 heterocycles. The molecular formula is C16H15N3S. The quantitative estimate of drug-likeness (QED) is 0.733. The first-order chi connectivity index (χ1) is 9.58. The van der Waals surface area contributed by atoms with E-state index in [2.05, 4.69) is 24.2 Å². The Labute approximate surface area is 123 Å². The van der Waals surface area contributed by atoms with Gasteiger partial charge in [0.2, 0.25) is 0 Å². The molecule has 0 fully saturated rings. The van der Waals surface area contributed by atoms with Crippen LogP contribution >= 0.6 is 12.2 Å². The van der Waals surface area contributed by atoms with Gasteiger partial charge in [0.05, 0.1) is 11.4 Å². The average Bonchev–Trinajstić information content (AvgIpc) is 2.76. The smallest absolute Gasteiger partial charge is 0.104 e. The van der Waals surface area contributed by atoms with E-state index >= 15 is 0 Å². The molecule has 3 rings (SSSR count). The fourth-order valence-electron chi connectivity index (χ4n) is 2.56. The van der Waals surface area contributed by atoms with Crippen molar-refractivity contribution < 1.29 is 0 Å². The van der Waals surface area contributed by atoms with Crippen LogP contribution in [0.2, 0.25) is 0 Å². The van der Waals surface area contributed by atoms with E-state index in [-0.39, 0.29) is 0 Å². The van der Waals surface area contributed by atoms with E-state index in [9.17, 15) is 0 Å². The summed E-state index contributed by atoms with van der Waals surface area (Å²) in [6.45, 7) is 4.05. The Morgan fingerprint density at radius 1 is 1.10 bits per heavy atom. The summed E-state index contributed by atoms with van der Waals surface area (Å²) >= 11 is 5.13. The van der Waals surface area contributed by atoms with Gasteiger partial charge in [-0.25, -0.2) is 4.68 Å². The number of thiocarbonyl (C=S) groups is 1. The average molecular weight is 281 g/mol. The maximum absolute atomic E-state index is 5.81. The highest BCUT2D eigenvalue weighted by Crippen LogP contribution is 2.26. The predicted molar refractivity (Wildman–Crippen MR) is 86.4 cm³/mol. The van der Waals surface area contributed by atoms with Crippen molar-refractivity contribution in [2.24, 2.45) is 5.73 Å². The molecule has 2 N–H and O–H groups in total. The number of aromatic nitrogens is 2. The van der Waals surface area contributed by atoms with Crippen molar-refractivity contribution in [3.8, 4) is 5.69 Å². The Balaban J connectivity index is 2.36. The van der Waals surface area contributed by atoms with Gasteiger partial charge in [-0.2, -0.15) is 5.10 Å². The number of fused-ring (bicyclic) bond motifs is 1. The summed E-state index contributed by atoms with van der Waals surface area (Å²) in [5, 5.41) is 6.72. The lowest BCUT2D eigenvalue weighted by Gasteiger charge is -2.11. The lowest BCUT2D eigenvalue weighted by atomic mass is 10.0. The van der Waals surface area contributed by atoms with Crippen LogP contribution in [0.4, 0.5) is 0 Å². The third-order valence-electron chi connectivity index (χ3n) is 3.40. The van der Waals surface area contributed by atoms with E-state index in [1.54, 1.807) is 0 Å². The van der Waals surface area contributed by atoms with Gasteiger partial charge in [-0.15, -0.1) is 0 Å². The molecule has 3 aromatic rings. The van der Waals surface area contributed by atoms with Crippen LogP contribution in [0.3, 0.4) is 0 Å². The van der Waals surface area contributed by atoms with Crippen LogP contribution in [0.15, 0.2) is 42.5 Å². The summed E-state index contributed by atoms with van der Waals surface area (Å²) in [5.41, 5.74) is 9.87. The minimum absolute atomic E-state index is 0.418. The highest BCUT2D eigenvalue weighted by atomic mass is 32.1. The topological polar surface area (TPSA) is 43.8 Å². The second-order valence-electron chi connectivity index (χ2n) is 4.88. The van der Waals surface area contributed by atoms with E-state index in [0.717, 1.165) is 33.4 Å². The monoisotopic (exact) mass is 281 g/mol. The van der Waals surface area contributed by atoms with Crippen molar-refractivity contribution in [3.63, 3.8) is 0 Å². The molecule has 4 heteroatoms. The zero-order valence-corrected chi connectivity index (χ0v) is 12.2. The normalized spacial score (nSPS) is 10.9. The van der Waals surface area contributed by atoms with Crippen LogP contribution in [0.1, 0.15) is 17.0 Å². The van der Waals surface area contributed by atoms with E-state index in [1.165, 1.54) is 0 Å². The molecule has 0 aliphatic carbocycles. The molecule has 3 nitrogen and oxygen atoms in total. The zero-order chi connectivity index (χ0) is 14.3. The molecule has 0 unspecified atom stereocenters. The van der Waals surface area contributed by atoms with Gasteiger partial charge in [0.1, 0.15) is 4.99 Å². The van der Waals surface area contributed by atoms with Gasteiger partial charge < -0.3 is 5.73 Å². The van der Waals surface area contributed by atoms with Crippen LogP contribution in [-0.4, -0.2) is 14.8 Å². The van der Waals surface area contributed by atoms with Crippen molar-refractivity contribution in [2.75, 3.05) is 0 Å². The van der Waals surface area contributed by atoms with Gasteiger partial charge in [0, 0.05) is 16.6 Å². The maximum atomic E-state index is 5.81. The van der Waals surface area contributed by atoms with E-state index < -0.39 is 0 Å². The van der Waals surface area contributed by atoms with Crippen molar-refractivity contribution in [3.05, 3.63) is 59.4 Å². The number of benzene rings is 2. The van der Waals surface area contributed by atoms with Crippen LogP contribution in [0, 0.1) is 13.8 Å². The van der Waals surface area contributed by atoms with Crippen molar-refractivity contribution in [1.82, 2.24) is 9.78 Å². The number of aryl methyl sites for hydroxylation is 2. The number of hydrogen-bond donors (Lipinski definition) is 1. The van der Waals surface area contributed by atoms with Crippen LogP contribution in [0.5, 0.6) is 0 Å². The summed E-state index contributed by atoms with van der Waals surface area (Å²) in [4.78, 5) is 0.418. The third kappa shape index (κ3) is 1.98. The summed E-state index contributed by atoms with van der Waals surface area (Å²) in [5.74, 6) is 0. The number of rotatable bonds is 2. The SMILES string of the molecule is Cc1cc(C)n(-c2ccc(C(N)=S)c3ccccc23)n1. The Morgan fingerprint density at radius 2 is 1.80 bits per heavy atom. The van der Waals surface area contributed by atoms with Crippen LogP contribution < -0.4 is 5.73 Å². The summed E-state index contributed by atoms with van der Waals surface area (Å²) in [6, 6.07) is 14.2. The number of hydrogen-bond acceptors (Lipinski definition) is 2. The highest BCUT2D eigenvalue weighted by Gasteiger charge is 2.11. The lowest BCUT2D eigenvalue weighted by molar-refractivity contribution is 0.839. The summed E-state index contributed by atoms with van der Waals surface area (Å²) in [7, 11) is 0. The Morgan fingerprint density at radius 3 is 2.40 bits per heavy atom. The molecule has 1 aromatic heterocycles. The molecule has 100 valence electrons.